The summed E-state index contributed by atoms with van der Waals surface area (Å²) < 4.78 is 2.04. The molecule has 1 unspecified atom stereocenters. The van der Waals surface area contributed by atoms with Crippen LogP contribution in [0.3, 0.4) is 0 Å². The number of aryl methyl sites for hydroxylation is 1. The minimum absolute atomic E-state index is 0.442. The van der Waals surface area contributed by atoms with E-state index < -0.39 is 0 Å². The molecule has 4 heterocycles. The van der Waals surface area contributed by atoms with Gasteiger partial charge in [0.25, 0.3) is 0 Å². The first kappa shape index (κ1) is 12.4. The second-order valence-electron chi connectivity index (χ2n) is 5.67. The molecule has 1 atom stereocenters. The van der Waals surface area contributed by atoms with Gasteiger partial charge in [0, 0.05) is 18.9 Å². The highest BCUT2D eigenvalue weighted by Crippen LogP contribution is 2.29. The summed E-state index contributed by atoms with van der Waals surface area (Å²) in [6.07, 6.45) is 9.94. The van der Waals surface area contributed by atoms with E-state index in [0.717, 1.165) is 29.9 Å². The molecular weight excluding hydrogens is 264 g/mol. The molecule has 3 aromatic rings. The van der Waals surface area contributed by atoms with E-state index in [4.69, 9.17) is 0 Å². The van der Waals surface area contributed by atoms with Crippen molar-refractivity contribution < 1.29 is 0 Å². The molecule has 21 heavy (non-hydrogen) atoms. The van der Waals surface area contributed by atoms with Gasteiger partial charge >= 0.3 is 0 Å². The molecule has 6 nitrogen and oxygen atoms in total. The van der Waals surface area contributed by atoms with Crippen molar-refractivity contribution in [3.05, 3.63) is 36.5 Å². The largest absolute Gasteiger partial charge is 0.351 e. The van der Waals surface area contributed by atoms with Crippen molar-refractivity contribution in [2.45, 2.75) is 32.4 Å². The maximum absolute atomic E-state index is 4.52. The van der Waals surface area contributed by atoms with Crippen LogP contribution in [0.25, 0.3) is 11.0 Å². The minimum atomic E-state index is 0.442. The predicted molar refractivity (Wildman–Crippen MR) is 81.2 cm³/mol. The Morgan fingerprint density at radius 3 is 3.19 bits per heavy atom. The normalized spacial score (nSPS) is 18.7. The van der Waals surface area contributed by atoms with Crippen LogP contribution in [0.5, 0.6) is 0 Å². The van der Waals surface area contributed by atoms with E-state index in [1.165, 1.54) is 18.4 Å². The SMILES string of the molecule is Cc1cnn(CC2CCCN2c2ncnc3[nH]ccc23)c1. The summed E-state index contributed by atoms with van der Waals surface area (Å²) in [4.78, 5) is 14.4. The first-order valence-electron chi connectivity index (χ1n) is 7.35. The molecule has 0 amide bonds. The third-order valence-corrected chi connectivity index (χ3v) is 4.14. The molecule has 0 saturated carbocycles. The van der Waals surface area contributed by atoms with E-state index >= 15 is 0 Å². The van der Waals surface area contributed by atoms with E-state index in [1.807, 2.05) is 17.1 Å². The summed E-state index contributed by atoms with van der Waals surface area (Å²) in [5, 5.41) is 5.51. The third kappa shape index (κ3) is 2.16. The van der Waals surface area contributed by atoms with Gasteiger partial charge in [0.15, 0.2) is 0 Å². The number of hydrogen-bond acceptors (Lipinski definition) is 4. The maximum atomic E-state index is 4.52. The van der Waals surface area contributed by atoms with Gasteiger partial charge in [0.2, 0.25) is 0 Å². The number of anilines is 1. The Balaban J connectivity index is 1.65. The van der Waals surface area contributed by atoms with Gasteiger partial charge in [-0.05, 0) is 31.4 Å². The van der Waals surface area contributed by atoms with Crippen molar-refractivity contribution in [2.75, 3.05) is 11.4 Å². The first-order chi connectivity index (χ1) is 10.3. The molecule has 1 aliphatic rings. The molecule has 1 aliphatic heterocycles. The van der Waals surface area contributed by atoms with Crippen LogP contribution in [0.2, 0.25) is 0 Å². The van der Waals surface area contributed by atoms with E-state index in [9.17, 15) is 0 Å². The van der Waals surface area contributed by atoms with Gasteiger partial charge < -0.3 is 9.88 Å². The summed E-state index contributed by atoms with van der Waals surface area (Å²) in [7, 11) is 0. The second-order valence-corrected chi connectivity index (χ2v) is 5.67. The highest BCUT2D eigenvalue weighted by molar-refractivity contribution is 5.87. The quantitative estimate of drug-likeness (QED) is 0.799. The molecule has 3 aromatic heterocycles. The number of nitrogens with zero attached hydrogens (tertiary/aromatic N) is 5. The first-order valence-corrected chi connectivity index (χ1v) is 7.35. The fraction of sp³-hybridized carbons (Fsp3) is 0.400. The number of fused-ring (bicyclic) bond motifs is 1. The van der Waals surface area contributed by atoms with Crippen molar-refractivity contribution in [2.24, 2.45) is 0 Å². The monoisotopic (exact) mass is 282 g/mol. The van der Waals surface area contributed by atoms with Crippen LogP contribution in [0.4, 0.5) is 5.82 Å². The number of aromatic nitrogens is 5. The number of nitrogens with one attached hydrogen (secondary N) is 1. The predicted octanol–water partition coefficient (Wildman–Crippen LogP) is 2.13. The van der Waals surface area contributed by atoms with Crippen LogP contribution in [0, 0.1) is 6.92 Å². The van der Waals surface area contributed by atoms with Crippen LogP contribution in [0.15, 0.2) is 31.0 Å². The lowest BCUT2D eigenvalue weighted by molar-refractivity contribution is 0.508. The van der Waals surface area contributed by atoms with Gasteiger partial charge in [-0.25, -0.2) is 9.97 Å². The van der Waals surface area contributed by atoms with Crippen molar-refractivity contribution in [1.82, 2.24) is 24.7 Å². The van der Waals surface area contributed by atoms with Crippen molar-refractivity contribution in [3.8, 4) is 0 Å². The molecule has 4 rings (SSSR count). The Kier molecular flexibility index (Phi) is 2.87. The molecule has 1 N–H and O–H groups in total. The van der Waals surface area contributed by atoms with Crippen molar-refractivity contribution >= 4 is 16.9 Å². The smallest absolute Gasteiger partial charge is 0.142 e. The fourth-order valence-electron chi connectivity index (χ4n) is 3.17. The van der Waals surface area contributed by atoms with Crippen LogP contribution in [0.1, 0.15) is 18.4 Å². The summed E-state index contributed by atoms with van der Waals surface area (Å²) in [6.45, 7) is 4.02. The topological polar surface area (TPSA) is 62.6 Å². The van der Waals surface area contributed by atoms with Crippen LogP contribution < -0.4 is 4.90 Å². The van der Waals surface area contributed by atoms with Gasteiger partial charge in [-0.2, -0.15) is 5.10 Å². The standard InChI is InChI=1S/C15H18N6/c1-11-7-19-20(8-11)9-12-3-2-6-21(12)15-13-4-5-16-14(13)17-10-18-15/h4-5,7-8,10,12H,2-3,6,9H2,1H3,(H,16,17,18). The number of H-pyrrole nitrogens is 1. The zero-order valence-corrected chi connectivity index (χ0v) is 12.0. The Bertz CT molecular complexity index is 758. The van der Waals surface area contributed by atoms with Gasteiger partial charge in [-0.15, -0.1) is 0 Å². The average Bonchev–Trinajstić information content (AvgIpc) is 3.19. The molecule has 0 aliphatic carbocycles. The summed E-state index contributed by atoms with van der Waals surface area (Å²) in [6, 6.07) is 2.50. The minimum Gasteiger partial charge on any atom is -0.351 e. The van der Waals surface area contributed by atoms with Crippen LogP contribution in [-0.4, -0.2) is 37.3 Å². The lowest BCUT2D eigenvalue weighted by Gasteiger charge is -2.26. The van der Waals surface area contributed by atoms with Gasteiger partial charge in [-0.3, -0.25) is 4.68 Å². The molecule has 1 saturated heterocycles. The Hall–Kier alpha value is -2.37. The zero-order chi connectivity index (χ0) is 14.2. The average molecular weight is 282 g/mol. The Morgan fingerprint density at radius 2 is 2.33 bits per heavy atom. The fourth-order valence-corrected chi connectivity index (χ4v) is 3.17. The van der Waals surface area contributed by atoms with E-state index in [-0.39, 0.29) is 0 Å². The molecule has 0 radical (unpaired) electrons. The summed E-state index contributed by atoms with van der Waals surface area (Å²) >= 11 is 0. The second kappa shape index (κ2) is 4.87. The van der Waals surface area contributed by atoms with Gasteiger partial charge in [-0.1, -0.05) is 0 Å². The molecular formula is C15H18N6. The van der Waals surface area contributed by atoms with E-state index in [2.05, 4.69) is 44.1 Å². The molecule has 108 valence electrons. The summed E-state index contributed by atoms with van der Waals surface area (Å²) in [5.74, 6) is 1.03. The van der Waals surface area contributed by atoms with Crippen molar-refractivity contribution in [3.63, 3.8) is 0 Å². The molecule has 6 heteroatoms. The molecule has 0 bridgehead atoms. The van der Waals surface area contributed by atoms with E-state index in [0.29, 0.717) is 6.04 Å². The highest BCUT2D eigenvalue weighted by atomic mass is 15.3. The number of hydrogen-bond donors (Lipinski definition) is 1. The van der Waals surface area contributed by atoms with E-state index in [1.54, 1.807) is 6.33 Å². The Morgan fingerprint density at radius 1 is 1.38 bits per heavy atom. The Labute approximate surface area is 122 Å². The summed E-state index contributed by atoms with van der Waals surface area (Å²) in [5.41, 5.74) is 2.11. The molecule has 0 spiro atoms. The highest BCUT2D eigenvalue weighted by Gasteiger charge is 2.27. The van der Waals surface area contributed by atoms with Gasteiger partial charge in [0.05, 0.1) is 24.2 Å². The zero-order valence-electron chi connectivity index (χ0n) is 12.0. The molecule has 1 fully saturated rings. The maximum Gasteiger partial charge on any atom is 0.142 e. The van der Waals surface area contributed by atoms with Crippen molar-refractivity contribution in [1.29, 1.82) is 0 Å². The number of rotatable bonds is 3. The lowest BCUT2D eigenvalue weighted by Crippen LogP contribution is -2.33. The third-order valence-electron chi connectivity index (χ3n) is 4.14. The van der Waals surface area contributed by atoms with Crippen LogP contribution in [-0.2, 0) is 6.54 Å². The lowest BCUT2D eigenvalue weighted by atomic mass is 10.2. The number of aromatic amines is 1. The molecule has 0 aromatic carbocycles. The van der Waals surface area contributed by atoms with Gasteiger partial charge in [0.1, 0.15) is 17.8 Å². The van der Waals surface area contributed by atoms with Crippen LogP contribution >= 0.6 is 0 Å².